The maximum absolute atomic E-state index is 11.9. The van der Waals surface area contributed by atoms with Crippen LogP contribution in [0.4, 0.5) is 5.82 Å². The zero-order chi connectivity index (χ0) is 25.1. The fourth-order valence-electron chi connectivity index (χ4n) is 4.06. The number of ether oxygens (including phenoxy) is 1. The number of anilines is 1. The number of rotatable bonds is 8. The van der Waals surface area contributed by atoms with Crippen molar-refractivity contribution in [3.05, 3.63) is 55.0 Å². The van der Waals surface area contributed by atoms with Gasteiger partial charge in [-0.2, -0.15) is 5.10 Å². The van der Waals surface area contributed by atoms with Crippen molar-refractivity contribution in [2.75, 3.05) is 55.7 Å². The number of nitrogens with zero attached hydrogens (tertiary/aromatic N) is 6. The summed E-state index contributed by atoms with van der Waals surface area (Å²) in [5.74, 6) is 1.80. The normalized spacial score (nSPS) is 14.8. The molecule has 1 aliphatic rings. The maximum atomic E-state index is 11.9. The Bertz CT molecular complexity index is 1370. The van der Waals surface area contributed by atoms with Gasteiger partial charge < -0.3 is 15.0 Å². The summed E-state index contributed by atoms with van der Waals surface area (Å²) in [6, 6.07) is 11.8. The van der Waals surface area contributed by atoms with Gasteiger partial charge in [0.1, 0.15) is 18.2 Å². The Morgan fingerprint density at radius 2 is 2.00 bits per heavy atom. The molecule has 0 saturated carbocycles. The molecule has 36 heavy (non-hydrogen) atoms. The lowest BCUT2D eigenvalue weighted by Gasteiger charge is -2.27. The quantitative estimate of drug-likeness (QED) is 0.367. The highest BCUT2D eigenvalue weighted by molar-refractivity contribution is 8.32. The SMILES string of the molecule is CS(C)(C)CCOCn1nc(-c2cccc(N3CCNC(=O)C3)n2)c2cc(-c3cccnc3)ncc21. The largest absolute Gasteiger partial charge is 0.358 e. The zero-order valence-corrected chi connectivity index (χ0v) is 21.7. The number of aromatic nitrogens is 5. The van der Waals surface area contributed by atoms with Crippen LogP contribution in [0.1, 0.15) is 0 Å². The van der Waals surface area contributed by atoms with Crippen LogP contribution < -0.4 is 10.2 Å². The van der Waals surface area contributed by atoms with E-state index in [1.54, 1.807) is 12.4 Å². The van der Waals surface area contributed by atoms with E-state index in [0.717, 1.165) is 51.7 Å². The van der Waals surface area contributed by atoms with E-state index in [0.29, 0.717) is 26.4 Å². The number of hydrogen-bond donors (Lipinski definition) is 1. The lowest BCUT2D eigenvalue weighted by molar-refractivity contribution is -0.120. The molecule has 1 fully saturated rings. The lowest BCUT2D eigenvalue weighted by atomic mass is 10.1. The topological polar surface area (TPSA) is 98.1 Å². The molecule has 0 atom stereocenters. The van der Waals surface area contributed by atoms with E-state index >= 15 is 0 Å². The van der Waals surface area contributed by atoms with Gasteiger partial charge in [-0.1, -0.05) is 6.07 Å². The lowest BCUT2D eigenvalue weighted by Crippen LogP contribution is -2.48. The first kappa shape index (κ1) is 24.2. The van der Waals surface area contributed by atoms with Crippen LogP contribution in [0.2, 0.25) is 0 Å². The van der Waals surface area contributed by atoms with E-state index in [1.807, 2.05) is 52.2 Å². The van der Waals surface area contributed by atoms with Crippen LogP contribution in [-0.2, 0) is 16.3 Å². The van der Waals surface area contributed by atoms with E-state index in [-0.39, 0.29) is 5.91 Å². The van der Waals surface area contributed by atoms with Crippen molar-refractivity contribution in [1.82, 2.24) is 30.0 Å². The third kappa shape index (κ3) is 5.50. The van der Waals surface area contributed by atoms with Crippen LogP contribution in [0.25, 0.3) is 33.5 Å². The summed E-state index contributed by atoms with van der Waals surface area (Å²) in [4.78, 5) is 27.7. The van der Waals surface area contributed by atoms with Gasteiger partial charge in [0.2, 0.25) is 5.91 Å². The zero-order valence-electron chi connectivity index (χ0n) is 20.8. The Hall–Kier alpha value is -3.50. The minimum atomic E-state index is -0.631. The van der Waals surface area contributed by atoms with Gasteiger partial charge in [-0.05, 0) is 49.1 Å². The second-order valence-electron chi connectivity index (χ2n) is 9.66. The number of fused-ring (bicyclic) bond motifs is 1. The van der Waals surface area contributed by atoms with Gasteiger partial charge in [0, 0.05) is 42.2 Å². The molecule has 188 valence electrons. The first-order valence-corrected chi connectivity index (χ1v) is 14.9. The van der Waals surface area contributed by atoms with Crippen LogP contribution in [0.3, 0.4) is 0 Å². The molecule has 10 heteroatoms. The molecule has 1 amide bonds. The summed E-state index contributed by atoms with van der Waals surface area (Å²) in [7, 11) is -0.631. The van der Waals surface area contributed by atoms with Gasteiger partial charge >= 0.3 is 0 Å². The van der Waals surface area contributed by atoms with E-state index in [2.05, 4.69) is 34.1 Å². The van der Waals surface area contributed by atoms with Gasteiger partial charge in [-0.15, -0.1) is 0 Å². The van der Waals surface area contributed by atoms with Gasteiger partial charge in [0.05, 0.1) is 36.3 Å². The molecule has 4 aromatic rings. The standard InChI is InChI=1S/C26H31N7O2S/c1-36(2,3)13-12-35-18-33-23-16-29-22(19-6-5-9-27-15-19)14-20(23)26(31-33)21-7-4-8-24(30-21)32-11-10-28-25(34)17-32/h4-9,14-16H,10-13,17-18H2,1-3H3,(H,28,34). The number of hydrogen-bond acceptors (Lipinski definition) is 7. The van der Waals surface area contributed by atoms with E-state index < -0.39 is 10.0 Å². The number of amides is 1. The molecule has 5 rings (SSSR count). The summed E-state index contributed by atoms with van der Waals surface area (Å²) >= 11 is 0. The third-order valence-corrected chi connectivity index (χ3v) is 7.38. The average Bonchev–Trinajstić information content (AvgIpc) is 3.24. The van der Waals surface area contributed by atoms with E-state index in [9.17, 15) is 4.79 Å². The molecule has 0 radical (unpaired) electrons. The fourth-order valence-corrected chi connectivity index (χ4v) is 4.67. The van der Waals surface area contributed by atoms with Crippen LogP contribution in [0, 0.1) is 0 Å². The summed E-state index contributed by atoms with van der Waals surface area (Å²) in [6.45, 7) is 2.64. The second kappa shape index (κ2) is 10.2. The summed E-state index contributed by atoms with van der Waals surface area (Å²) in [6.07, 6.45) is 12.2. The van der Waals surface area contributed by atoms with Crippen LogP contribution in [-0.4, -0.2) is 81.4 Å². The highest BCUT2D eigenvalue weighted by Crippen LogP contribution is 2.34. The molecule has 1 N–H and O–H groups in total. The Balaban J connectivity index is 1.52. The number of nitrogens with one attached hydrogen (secondary N) is 1. The monoisotopic (exact) mass is 505 g/mol. The number of carbonyl (C=O) groups excluding carboxylic acids is 1. The van der Waals surface area contributed by atoms with Gasteiger partial charge in [-0.3, -0.25) is 14.8 Å². The van der Waals surface area contributed by atoms with Crippen molar-refractivity contribution in [2.24, 2.45) is 0 Å². The van der Waals surface area contributed by atoms with Crippen LogP contribution in [0.15, 0.2) is 55.0 Å². The van der Waals surface area contributed by atoms with Crippen LogP contribution >= 0.6 is 10.0 Å². The molecule has 0 spiro atoms. The first-order chi connectivity index (χ1) is 17.4. The fraction of sp³-hybridized carbons (Fsp3) is 0.346. The Kier molecular flexibility index (Phi) is 6.88. The molecule has 4 aromatic heterocycles. The molecule has 0 aliphatic carbocycles. The minimum Gasteiger partial charge on any atom is -0.358 e. The molecule has 0 unspecified atom stereocenters. The van der Waals surface area contributed by atoms with Crippen molar-refractivity contribution in [1.29, 1.82) is 0 Å². The van der Waals surface area contributed by atoms with Crippen molar-refractivity contribution >= 4 is 32.7 Å². The summed E-state index contributed by atoms with van der Waals surface area (Å²) in [5.41, 5.74) is 4.13. The van der Waals surface area contributed by atoms with E-state index in [4.69, 9.17) is 14.8 Å². The van der Waals surface area contributed by atoms with Gasteiger partial charge in [0.15, 0.2) is 0 Å². The first-order valence-electron chi connectivity index (χ1n) is 11.9. The van der Waals surface area contributed by atoms with Crippen molar-refractivity contribution in [3.8, 4) is 22.6 Å². The molecule has 0 bridgehead atoms. The summed E-state index contributed by atoms with van der Waals surface area (Å²) < 4.78 is 7.86. The Labute approximate surface area is 212 Å². The van der Waals surface area contributed by atoms with Crippen molar-refractivity contribution in [3.63, 3.8) is 0 Å². The van der Waals surface area contributed by atoms with Crippen molar-refractivity contribution in [2.45, 2.75) is 6.73 Å². The highest BCUT2D eigenvalue weighted by atomic mass is 32.3. The number of piperazine rings is 1. The summed E-state index contributed by atoms with van der Waals surface area (Å²) in [5, 5.41) is 8.71. The molecule has 0 aromatic carbocycles. The number of pyridine rings is 3. The third-order valence-electron chi connectivity index (χ3n) is 5.99. The predicted octanol–water partition coefficient (Wildman–Crippen LogP) is 3.16. The Morgan fingerprint density at radius 1 is 1.11 bits per heavy atom. The minimum absolute atomic E-state index is 0.00427. The smallest absolute Gasteiger partial charge is 0.239 e. The molecule has 5 heterocycles. The predicted molar refractivity (Wildman–Crippen MR) is 145 cm³/mol. The molecular formula is C26H31N7O2S. The van der Waals surface area contributed by atoms with Crippen LogP contribution in [0.5, 0.6) is 0 Å². The van der Waals surface area contributed by atoms with Crippen molar-refractivity contribution < 1.29 is 9.53 Å². The molecule has 9 nitrogen and oxygen atoms in total. The molecule has 1 aliphatic heterocycles. The van der Waals surface area contributed by atoms with E-state index in [1.165, 1.54) is 0 Å². The molecular weight excluding hydrogens is 474 g/mol. The second-order valence-corrected chi connectivity index (χ2v) is 14.3. The molecule has 1 saturated heterocycles. The number of carbonyl (C=O) groups is 1. The maximum Gasteiger partial charge on any atom is 0.239 e. The Morgan fingerprint density at radius 3 is 2.78 bits per heavy atom. The average molecular weight is 506 g/mol. The highest BCUT2D eigenvalue weighted by Gasteiger charge is 2.20. The van der Waals surface area contributed by atoms with Gasteiger partial charge in [0.25, 0.3) is 0 Å². The van der Waals surface area contributed by atoms with Gasteiger partial charge in [-0.25, -0.2) is 19.7 Å².